The number of aryl methyl sites for hydroxylation is 4. The molecule has 0 spiro atoms. The maximum absolute atomic E-state index is 4.12. The molecule has 1 unspecified atom stereocenters. The Kier molecular flexibility index (Phi) is 3.66. The van der Waals surface area contributed by atoms with Crippen molar-refractivity contribution in [2.24, 2.45) is 0 Å². The van der Waals surface area contributed by atoms with E-state index in [-0.39, 0.29) is 6.04 Å². The van der Waals surface area contributed by atoms with Gasteiger partial charge in [0.1, 0.15) is 5.01 Å². The summed E-state index contributed by atoms with van der Waals surface area (Å²) < 4.78 is 0. The molecule has 1 N–H and O–H groups in total. The number of rotatable bonds is 3. The molecule has 0 saturated carbocycles. The van der Waals surface area contributed by atoms with Gasteiger partial charge in [0.15, 0.2) is 0 Å². The van der Waals surface area contributed by atoms with Crippen molar-refractivity contribution >= 4 is 16.5 Å². The Morgan fingerprint density at radius 3 is 2.17 bits per heavy atom. The first-order valence-electron chi connectivity index (χ1n) is 6.11. The van der Waals surface area contributed by atoms with E-state index < -0.39 is 0 Å². The van der Waals surface area contributed by atoms with Gasteiger partial charge in [-0.2, -0.15) is 0 Å². The zero-order chi connectivity index (χ0) is 13.3. The predicted molar refractivity (Wildman–Crippen MR) is 77.3 cm³/mol. The fourth-order valence-corrected chi connectivity index (χ4v) is 3.17. The van der Waals surface area contributed by atoms with E-state index in [1.54, 1.807) is 11.3 Å². The van der Waals surface area contributed by atoms with E-state index in [1.165, 1.54) is 22.3 Å². The Hall–Kier alpha value is -1.42. The van der Waals surface area contributed by atoms with Crippen LogP contribution in [0.1, 0.15) is 40.2 Å². The van der Waals surface area contributed by atoms with Crippen LogP contribution < -0.4 is 5.32 Å². The maximum Gasteiger partial charge on any atom is 0.206 e. The summed E-state index contributed by atoms with van der Waals surface area (Å²) in [5.74, 6) is 0. The predicted octanol–water partition coefficient (Wildman–Crippen LogP) is 3.94. The lowest BCUT2D eigenvalue weighted by Crippen LogP contribution is -2.10. The summed E-state index contributed by atoms with van der Waals surface area (Å²) in [6.07, 6.45) is 0. The molecule has 0 fully saturated rings. The van der Waals surface area contributed by atoms with E-state index in [4.69, 9.17) is 0 Å². The van der Waals surface area contributed by atoms with Crippen LogP contribution in [-0.2, 0) is 0 Å². The van der Waals surface area contributed by atoms with Crippen molar-refractivity contribution in [2.45, 2.75) is 40.7 Å². The molecule has 0 amide bonds. The Bertz CT molecular complexity index is 537. The number of anilines is 1. The van der Waals surface area contributed by atoms with E-state index in [0.717, 1.165) is 10.1 Å². The van der Waals surface area contributed by atoms with Gasteiger partial charge in [-0.3, -0.25) is 0 Å². The van der Waals surface area contributed by atoms with Crippen LogP contribution in [0.4, 0.5) is 5.13 Å². The second-order valence-electron chi connectivity index (χ2n) is 4.80. The zero-order valence-electron chi connectivity index (χ0n) is 11.5. The standard InChI is InChI=1S/C14H19N3S/c1-8-6-9(2)13(10(3)7-8)11(4)15-14-17-16-12(5)18-14/h6-7,11H,1-5H3,(H,15,17). The molecule has 2 aromatic rings. The fourth-order valence-electron chi connectivity index (χ4n) is 2.49. The number of nitrogens with one attached hydrogen (secondary N) is 1. The molecule has 0 aliphatic rings. The monoisotopic (exact) mass is 261 g/mol. The molecule has 18 heavy (non-hydrogen) atoms. The molecule has 1 heterocycles. The average molecular weight is 261 g/mol. The van der Waals surface area contributed by atoms with Gasteiger partial charge in [-0.05, 0) is 51.3 Å². The highest BCUT2D eigenvalue weighted by atomic mass is 32.1. The molecular weight excluding hydrogens is 242 g/mol. The molecule has 0 bridgehead atoms. The topological polar surface area (TPSA) is 37.8 Å². The summed E-state index contributed by atoms with van der Waals surface area (Å²) in [6.45, 7) is 10.6. The minimum atomic E-state index is 0.248. The molecular formula is C14H19N3S. The third kappa shape index (κ3) is 2.70. The summed E-state index contributed by atoms with van der Waals surface area (Å²) in [4.78, 5) is 0. The Balaban J connectivity index is 2.26. The maximum atomic E-state index is 4.12. The Morgan fingerprint density at radius 1 is 1.06 bits per heavy atom. The van der Waals surface area contributed by atoms with Gasteiger partial charge in [-0.25, -0.2) is 0 Å². The van der Waals surface area contributed by atoms with Crippen LogP contribution in [0.3, 0.4) is 0 Å². The highest BCUT2D eigenvalue weighted by Gasteiger charge is 2.13. The lowest BCUT2D eigenvalue weighted by Gasteiger charge is -2.19. The number of aromatic nitrogens is 2. The molecule has 2 rings (SSSR count). The molecule has 0 radical (unpaired) electrons. The number of nitrogens with zero attached hydrogens (tertiary/aromatic N) is 2. The van der Waals surface area contributed by atoms with Crippen LogP contribution >= 0.6 is 11.3 Å². The largest absolute Gasteiger partial charge is 0.354 e. The minimum Gasteiger partial charge on any atom is -0.354 e. The Labute approximate surface area is 112 Å². The third-order valence-corrected chi connectivity index (χ3v) is 3.81. The molecule has 1 aromatic carbocycles. The third-order valence-electron chi connectivity index (χ3n) is 3.04. The van der Waals surface area contributed by atoms with Crippen LogP contribution in [0.25, 0.3) is 0 Å². The molecule has 96 valence electrons. The van der Waals surface area contributed by atoms with Crippen LogP contribution in [0, 0.1) is 27.7 Å². The first-order valence-corrected chi connectivity index (χ1v) is 6.93. The minimum absolute atomic E-state index is 0.248. The van der Waals surface area contributed by atoms with Gasteiger partial charge < -0.3 is 5.32 Å². The number of hydrogen-bond acceptors (Lipinski definition) is 4. The molecule has 0 aliphatic heterocycles. The zero-order valence-corrected chi connectivity index (χ0v) is 12.4. The van der Waals surface area contributed by atoms with E-state index in [2.05, 4.69) is 55.3 Å². The van der Waals surface area contributed by atoms with Crippen molar-refractivity contribution in [3.8, 4) is 0 Å². The fraction of sp³-hybridized carbons (Fsp3) is 0.429. The van der Waals surface area contributed by atoms with Gasteiger partial charge in [0, 0.05) is 0 Å². The summed E-state index contributed by atoms with van der Waals surface area (Å²) in [5.41, 5.74) is 5.32. The first kappa shape index (κ1) is 13.0. The van der Waals surface area contributed by atoms with Gasteiger partial charge in [0.2, 0.25) is 5.13 Å². The highest BCUT2D eigenvalue weighted by Crippen LogP contribution is 2.27. The van der Waals surface area contributed by atoms with Gasteiger partial charge in [0.25, 0.3) is 0 Å². The summed E-state index contributed by atoms with van der Waals surface area (Å²) in [7, 11) is 0. The molecule has 4 heteroatoms. The van der Waals surface area contributed by atoms with Crippen molar-refractivity contribution < 1.29 is 0 Å². The summed E-state index contributed by atoms with van der Waals surface area (Å²) in [5, 5.41) is 13.4. The molecule has 0 saturated heterocycles. The quantitative estimate of drug-likeness (QED) is 0.909. The van der Waals surface area contributed by atoms with Crippen LogP contribution in [0.2, 0.25) is 0 Å². The van der Waals surface area contributed by atoms with Gasteiger partial charge in [0.05, 0.1) is 6.04 Å². The van der Waals surface area contributed by atoms with E-state index >= 15 is 0 Å². The average Bonchev–Trinajstić information content (AvgIpc) is 2.62. The van der Waals surface area contributed by atoms with E-state index in [1.807, 2.05) is 6.92 Å². The second-order valence-corrected chi connectivity index (χ2v) is 5.99. The molecule has 1 atom stereocenters. The van der Waals surface area contributed by atoms with E-state index in [0.29, 0.717) is 0 Å². The second kappa shape index (κ2) is 5.06. The van der Waals surface area contributed by atoms with Crippen molar-refractivity contribution in [3.63, 3.8) is 0 Å². The van der Waals surface area contributed by atoms with Crippen molar-refractivity contribution in [3.05, 3.63) is 39.4 Å². The first-order chi connectivity index (χ1) is 8.47. The van der Waals surface area contributed by atoms with Gasteiger partial charge in [-0.15, -0.1) is 10.2 Å². The van der Waals surface area contributed by atoms with Gasteiger partial charge in [-0.1, -0.05) is 29.0 Å². The lowest BCUT2D eigenvalue weighted by atomic mass is 9.95. The summed E-state index contributed by atoms with van der Waals surface area (Å²) >= 11 is 1.59. The molecule has 0 aliphatic carbocycles. The normalized spacial score (nSPS) is 12.5. The smallest absolute Gasteiger partial charge is 0.206 e. The number of benzene rings is 1. The van der Waals surface area contributed by atoms with Crippen LogP contribution in [0.5, 0.6) is 0 Å². The van der Waals surface area contributed by atoms with Gasteiger partial charge >= 0.3 is 0 Å². The molecule has 3 nitrogen and oxygen atoms in total. The lowest BCUT2D eigenvalue weighted by molar-refractivity contribution is 0.852. The number of hydrogen-bond donors (Lipinski definition) is 1. The van der Waals surface area contributed by atoms with Crippen molar-refractivity contribution in [2.75, 3.05) is 5.32 Å². The van der Waals surface area contributed by atoms with Crippen LogP contribution in [-0.4, -0.2) is 10.2 Å². The Morgan fingerprint density at radius 2 is 1.67 bits per heavy atom. The van der Waals surface area contributed by atoms with Crippen molar-refractivity contribution in [1.82, 2.24) is 10.2 Å². The van der Waals surface area contributed by atoms with Crippen LogP contribution in [0.15, 0.2) is 12.1 Å². The van der Waals surface area contributed by atoms with Crippen molar-refractivity contribution in [1.29, 1.82) is 0 Å². The molecule has 1 aromatic heterocycles. The SMILES string of the molecule is Cc1cc(C)c(C(C)Nc2nnc(C)s2)c(C)c1. The summed E-state index contributed by atoms with van der Waals surface area (Å²) in [6, 6.07) is 4.70. The van der Waals surface area contributed by atoms with E-state index in [9.17, 15) is 0 Å². The highest BCUT2D eigenvalue weighted by molar-refractivity contribution is 7.15.